The van der Waals surface area contributed by atoms with Crippen LogP contribution < -0.4 is 5.73 Å². The van der Waals surface area contributed by atoms with Gasteiger partial charge in [0.2, 0.25) is 0 Å². The van der Waals surface area contributed by atoms with E-state index in [-0.39, 0.29) is 6.04 Å². The zero-order valence-corrected chi connectivity index (χ0v) is 5.15. The summed E-state index contributed by atoms with van der Waals surface area (Å²) < 4.78 is 12.9. The largest absolute Gasteiger partial charge is 0.325 e. The molecule has 1 rings (SSSR count). The molecular formula is C6H12FN. The van der Waals surface area contributed by atoms with Gasteiger partial charge in [0, 0.05) is 6.04 Å². The van der Waals surface area contributed by atoms with E-state index < -0.39 is 5.67 Å². The lowest BCUT2D eigenvalue weighted by atomic mass is 10.0. The van der Waals surface area contributed by atoms with Gasteiger partial charge in [-0.05, 0) is 26.2 Å². The highest BCUT2D eigenvalue weighted by Gasteiger charge is 2.35. The number of halogens is 1. The molecule has 2 N–H and O–H groups in total. The number of alkyl halides is 1. The van der Waals surface area contributed by atoms with Gasteiger partial charge in [-0.25, -0.2) is 4.39 Å². The zero-order valence-electron chi connectivity index (χ0n) is 5.15. The van der Waals surface area contributed by atoms with Crippen LogP contribution in [-0.4, -0.2) is 11.7 Å². The van der Waals surface area contributed by atoms with Gasteiger partial charge in [-0.15, -0.1) is 0 Å². The van der Waals surface area contributed by atoms with Gasteiger partial charge in [0.25, 0.3) is 0 Å². The molecule has 0 spiro atoms. The van der Waals surface area contributed by atoms with Crippen LogP contribution in [0.5, 0.6) is 0 Å². The number of nitrogens with two attached hydrogens (primary N) is 1. The molecule has 1 saturated carbocycles. The maximum atomic E-state index is 12.9. The van der Waals surface area contributed by atoms with Crippen molar-refractivity contribution in [1.29, 1.82) is 0 Å². The molecule has 0 aromatic carbocycles. The maximum absolute atomic E-state index is 12.9. The first-order valence-electron chi connectivity index (χ1n) is 3.07. The van der Waals surface area contributed by atoms with Crippen molar-refractivity contribution in [3.63, 3.8) is 0 Å². The summed E-state index contributed by atoms with van der Waals surface area (Å²) in [5, 5.41) is 0. The van der Waals surface area contributed by atoms with Crippen molar-refractivity contribution in [2.24, 2.45) is 5.73 Å². The Hall–Kier alpha value is -0.110. The molecule has 1 nitrogen and oxygen atoms in total. The molecule has 8 heavy (non-hydrogen) atoms. The second kappa shape index (κ2) is 1.69. The number of hydrogen-bond donors (Lipinski definition) is 1. The number of hydrogen-bond acceptors (Lipinski definition) is 1. The summed E-state index contributed by atoms with van der Waals surface area (Å²) in [6, 6.07) is -0.206. The Morgan fingerprint density at radius 1 is 1.75 bits per heavy atom. The third-order valence-corrected chi connectivity index (χ3v) is 1.95. The lowest BCUT2D eigenvalue weighted by molar-refractivity contribution is 0.175. The van der Waals surface area contributed by atoms with Gasteiger partial charge in [-0.1, -0.05) is 0 Å². The molecule has 0 amide bonds. The fourth-order valence-corrected chi connectivity index (χ4v) is 1.15. The third kappa shape index (κ3) is 0.848. The Balaban J connectivity index is 2.54. The summed E-state index contributed by atoms with van der Waals surface area (Å²) in [6.07, 6.45) is 2.45. The molecule has 0 aliphatic heterocycles. The van der Waals surface area contributed by atoms with Crippen LogP contribution in [0.15, 0.2) is 0 Å². The minimum Gasteiger partial charge on any atom is -0.325 e. The lowest BCUT2D eigenvalue weighted by Crippen LogP contribution is -2.36. The molecular weight excluding hydrogens is 105 g/mol. The first-order chi connectivity index (χ1) is 3.63. The summed E-state index contributed by atoms with van der Waals surface area (Å²) in [4.78, 5) is 0. The molecule has 0 bridgehead atoms. The topological polar surface area (TPSA) is 26.0 Å². The van der Waals surface area contributed by atoms with E-state index in [9.17, 15) is 4.39 Å². The highest BCUT2D eigenvalue weighted by Crippen LogP contribution is 2.31. The fourth-order valence-electron chi connectivity index (χ4n) is 1.15. The summed E-state index contributed by atoms with van der Waals surface area (Å²) in [5.41, 5.74) is 4.37. The van der Waals surface area contributed by atoms with Crippen molar-refractivity contribution in [3.8, 4) is 0 Å². The average Bonchev–Trinajstić information content (AvgIpc) is 1.86. The Morgan fingerprint density at radius 3 is 2.50 bits per heavy atom. The van der Waals surface area contributed by atoms with Crippen molar-refractivity contribution in [2.45, 2.75) is 37.9 Å². The van der Waals surface area contributed by atoms with E-state index in [0.717, 1.165) is 12.8 Å². The molecule has 2 atom stereocenters. The van der Waals surface area contributed by atoms with E-state index in [1.165, 1.54) is 0 Å². The molecule has 0 aromatic heterocycles. The van der Waals surface area contributed by atoms with Gasteiger partial charge in [-0.3, -0.25) is 0 Å². The molecule has 0 heterocycles. The van der Waals surface area contributed by atoms with Crippen LogP contribution in [0.4, 0.5) is 4.39 Å². The van der Waals surface area contributed by atoms with Crippen LogP contribution in [-0.2, 0) is 0 Å². The second-order valence-electron chi connectivity index (χ2n) is 2.78. The molecule has 48 valence electrons. The van der Waals surface area contributed by atoms with E-state index in [1.54, 1.807) is 6.92 Å². The fraction of sp³-hybridized carbons (Fsp3) is 1.00. The molecule has 0 aromatic rings. The van der Waals surface area contributed by atoms with E-state index in [1.807, 2.05) is 0 Å². The van der Waals surface area contributed by atoms with E-state index in [0.29, 0.717) is 6.42 Å². The van der Waals surface area contributed by atoms with Crippen molar-refractivity contribution in [1.82, 2.24) is 0 Å². The summed E-state index contributed by atoms with van der Waals surface area (Å²) in [7, 11) is 0. The first-order valence-corrected chi connectivity index (χ1v) is 3.07. The molecule has 0 unspecified atom stereocenters. The van der Waals surface area contributed by atoms with Crippen LogP contribution in [0.2, 0.25) is 0 Å². The summed E-state index contributed by atoms with van der Waals surface area (Å²) in [6.45, 7) is 1.59. The Bertz CT molecular complexity index is 90.5. The monoisotopic (exact) mass is 117 g/mol. The smallest absolute Gasteiger partial charge is 0.123 e. The van der Waals surface area contributed by atoms with E-state index in [2.05, 4.69) is 0 Å². The van der Waals surface area contributed by atoms with Crippen LogP contribution >= 0.6 is 0 Å². The van der Waals surface area contributed by atoms with Crippen LogP contribution in [0.25, 0.3) is 0 Å². The van der Waals surface area contributed by atoms with Gasteiger partial charge in [-0.2, -0.15) is 0 Å². The predicted molar refractivity (Wildman–Crippen MR) is 31.3 cm³/mol. The summed E-state index contributed by atoms with van der Waals surface area (Å²) in [5.74, 6) is 0. The lowest BCUT2D eigenvalue weighted by Gasteiger charge is -2.17. The number of rotatable bonds is 0. The Kier molecular flexibility index (Phi) is 1.27. The maximum Gasteiger partial charge on any atom is 0.123 e. The van der Waals surface area contributed by atoms with Crippen molar-refractivity contribution in [2.75, 3.05) is 0 Å². The highest BCUT2D eigenvalue weighted by atomic mass is 19.1. The van der Waals surface area contributed by atoms with Gasteiger partial charge in [0.15, 0.2) is 0 Å². The molecule has 1 aliphatic rings. The Morgan fingerprint density at radius 2 is 2.38 bits per heavy atom. The van der Waals surface area contributed by atoms with Crippen molar-refractivity contribution >= 4 is 0 Å². The minimum absolute atomic E-state index is 0.206. The SMILES string of the molecule is C[C@@]1(F)CCC[C@H]1N. The van der Waals surface area contributed by atoms with Crippen molar-refractivity contribution in [3.05, 3.63) is 0 Å². The molecule has 0 radical (unpaired) electrons. The van der Waals surface area contributed by atoms with Gasteiger partial charge in [0.1, 0.15) is 5.67 Å². The van der Waals surface area contributed by atoms with Gasteiger partial charge in [0.05, 0.1) is 0 Å². The standard InChI is InChI=1S/C6H12FN/c1-6(7)4-2-3-5(6)8/h5H,2-4,8H2,1H3/t5-,6-/m1/s1. The molecule has 2 heteroatoms. The predicted octanol–water partition coefficient (Wildman–Crippen LogP) is 1.23. The van der Waals surface area contributed by atoms with Crippen LogP contribution in [0.3, 0.4) is 0 Å². The average molecular weight is 117 g/mol. The van der Waals surface area contributed by atoms with Crippen LogP contribution in [0, 0.1) is 0 Å². The summed E-state index contributed by atoms with van der Waals surface area (Å²) >= 11 is 0. The van der Waals surface area contributed by atoms with E-state index >= 15 is 0 Å². The quantitative estimate of drug-likeness (QED) is 0.507. The van der Waals surface area contributed by atoms with Gasteiger partial charge < -0.3 is 5.73 Å². The van der Waals surface area contributed by atoms with Gasteiger partial charge >= 0.3 is 0 Å². The second-order valence-corrected chi connectivity index (χ2v) is 2.78. The van der Waals surface area contributed by atoms with Crippen LogP contribution in [0.1, 0.15) is 26.2 Å². The van der Waals surface area contributed by atoms with Crippen molar-refractivity contribution < 1.29 is 4.39 Å². The molecule has 1 fully saturated rings. The molecule has 1 aliphatic carbocycles. The zero-order chi connectivity index (χ0) is 6.20. The molecule has 0 saturated heterocycles. The first kappa shape index (κ1) is 6.02. The minimum atomic E-state index is -1.07. The normalized spacial score (nSPS) is 47.6. The van der Waals surface area contributed by atoms with E-state index in [4.69, 9.17) is 5.73 Å². The highest BCUT2D eigenvalue weighted by molar-refractivity contribution is 4.91. The third-order valence-electron chi connectivity index (χ3n) is 1.95. The Labute approximate surface area is 49.1 Å².